The van der Waals surface area contributed by atoms with Crippen LogP contribution >= 0.6 is 0 Å². The minimum absolute atomic E-state index is 0.00297. The molecular formula is C17H23NO5. The number of amides is 2. The third-order valence-corrected chi connectivity index (χ3v) is 3.69. The third kappa shape index (κ3) is 5.33. The Hall–Kier alpha value is -1.92. The highest BCUT2D eigenvalue weighted by Gasteiger charge is 2.30. The van der Waals surface area contributed by atoms with Gasteiger partial charge in [-0.25, -0.2) is 0 Å². The van der Waals surface area contributed by atoms with Crippen LogP contribution in [0.2, 0.25) is 0 Å². The number of aryl methyl sites for hydroxylation is 1. The van der Waals surface area contributed by atoms with Gasteiger partial charge in [0, 0.05) is 12.8 Å². The third-order valence-electron chi connectivity index (χ3n) is 3.69. The number of aliphatic hydroxyl groups is 1. The van der Waals surface area contributed by atoms with E-state index in [0.29, 0.717) is 13.2 Å². The van der Waals surface area contributed by atoms with Gasteiger partial charge < -0.3 is 14.6 Å². The van der Waals surface area contributed by atoms with Crippen molar-refractivity contribution in [3.05, 3.63) is 29.8 Å². The Morgan fingerprint density at radius 1 is 1.13 bits per heavy atom. The standard InChI is InChI=1S/C17H23NO5/c1-2-13-3-5-15(6-4-13)23-10-9-22-12-14(19)11-18-16(20)7-8-17(18)21/h3-6,14,19H,2,7-12H2,1H3. The van der Waals surface area contributed by atoms with Crippen LogP contribution in [0.4, 0.5) is 0 Å². The summed E-state index contributed by atoms with van der Waals surface area (Å²) in [4.78, 5) is 24.0. The monoisotopic (exact) mass is 321 g/mol. The number of ether oxygens (including phenoxy) is 2. The molecule has 1 aromatic rings. The molecule has 1 aliphatic heterocycles. The lowest BCUT2D eigenvalue weighted by Crippen LogP contribution is -2.38. The molecule has 1 aromatic carbocycles. The summed E-state index contributed by atoms with van der Waals surface area (Å²) >= 11 is 0. The van der Waals surface area contributed by atoms with Crippen LogP contribution in [0, 0.1) is 0 Å². The zero-order valence-corrected chi connectivity index (χ0v) is 13.4. The van der Waals surface area contributed by atoms with E-state index in [1.54, 1.807) is 0 Å². The molecule has 0 bridgehead atoms. The number of carbonyl (C=O) groups excluding carboxylic acids is 2. The molecule has 126 valence electrons. The Morgan fingerprint density at radius 2 is 1.78 bits per heavy atom. The minimum Gasteiger partial charge on any atom is -0.491 e. The van der Waals surface area contributed by atoms with E-state index in [2.05, 4.69) is 6.92 Å². The highest BCUT2D eigenvalue weighted by atomic mass is 16.5. The highest BCUT2D eigenvalue weighted by Crippen LogP contribution is 2.13. The highest BCUT2D eigenvalue weighted by molar-refractivity contribution is 6.01. The first kappa shape index (κ1) is 17.4. The van der Waals surface area contributed by atoms with Crippen molar-refractivity contribution in [1.29, 1.82) is 0 Å². The van der Waals surface area contributed by atoms with E-state index in [1.165, 1.54) is 5.56 Å². The number of aliphatic hydroxyl groups excluding tert-OH is 1. The lowest BCUT2D eigenvalue weighted by Gasteiger charge is -2.18. The van der Waals surface area contributed by atoms with Gasteiger partial charge in [-0.3, -0.25) is 14.5 Å². The van der Waals surface area contributed by atoms with Crippen molar-refractivity contribution in [1.82, 2.24) is 4.90 Å². The van der Waals surface area contributed by atoms with Crippen molar-refractivity contribution in [2.24, 2.45) is 0 Å². The molecule has 0 radical (unpaired) electrons. The Kier molecular flexibility index (Phi) is 6.55. The van der Waals surface area contributed by atoms with Gasteiger partial charge in [-0.2, -0.15) is 0 Å². The average molecular weight is 321 g/mol. The van der Waals surface area contributed by atoms with Crippen molar-refractivity contribution in [3.63, 3.8) is 0 Å². The van der Waals surface area contributed by atoms with E-state index in [9.17, 15) is 14.7 Å². The quantitative estimate of drug-likeness (QED) is 0.545. The summed E-state index contributed by atoms with van der Waals surface area (Å²) < 4.78 is 10.8. The molecule has 1 fully saturated rings. The lowest BCUT2D eigenvalue weighted by atomic mass is 10.2. The number of imide groups is 1. The molecule has 2 rings (SSSR count). The van der Waals surface area contributed by atoms with E-state index in [0.717, 1.165) is 17.1 Å². The van der Waals surface area contributed by atoms with Crippen LogP contribution in [0.1, 0.15) is 25.3 Å². The summed E-state index contributed by atoms with van der Waals surface area (Å²) in [5.74, 6) is 0.320. The maximum absolute atomic E-state index is 11.4. The maximum atomic E-state index is 11.4. The van der Waals surface area contributed by atoms with Gasteiger partial charge in [-0.15, -0.1) is 0 Å². The molecule has 2 amide bonds. The Morgan fingerprint density at radius 3 is 2.39 bits per heavy atom. The van der Waals surface area contributed by atoms with Crippen LogP contribution < -0.4 is 4.74 Å². The van der Waals surface area contributed by atoms with Crippen LogP contribution in [0.3, 0.4) is 0 Å². The topological polar surface area (TPSA) is 76.1 Å². The van der Waals surface area contributed by atoms with E-state index >= 15 is 0 Å². The van der Waals surface area contributed by atoms with E-state index in [1.807, 2.05) is 24.3 Å². The molecule has 0 aliphatic carbocycles. The molecule has 6 nitrogen and oxygen atoms in total. The zero-order chi connectivity index (χ0) is 16.7. The molecular weight excluding hydrogens is 298 g/mol. The van der Waals surface area contributed by atoms with Crippen LogP contribution in [-0.4, -0.2) is 54.3 Å². The van der Waals surface area contributed by atoms with Gasteiger partial charge in [0.1, 0.15) is 12.4 Å². The summed E-state index contributed by atoms with van der Waals surface area (Å²) in [6.45, 7) is 2.86. The van der Waals surface area contributed by atoms with Crippen molar-refractivity contribution in [2.45, 2.75) is 32.3 Å². The average Bonchev–Trinajstić information content (AvgIpc) is 2.87. The first-order valence-corrected chi connectivity index (χ1v) is 7.91. The predicted octanol–water partition coefficient (Wildman–Crippen LogP) is 1.15. The second-order valence-electron chi connectivity index (χ2n) is 5.47. The van der Waals surface area contributed by atoms with E-state index in [4.69, 9.17) is 9.47 Å². The van der Waals surface area contributed by atoms with Crippen molar-refractivity contribution >= 4 is 11.8 Å². The fourth-order valence-electron chi connectivity index (χ4n) is 2.35. The van der Waals surface area contributed by atoms with Gasteiger partial charge in [-0.05, 0) is 24.1 Å². The Bertz CT molecular complexity index is 512. The van der Waals surface area contributed by atoms with Gasteiger partial charge in [0.2, 0.25) is 11.8 Å². The molecule has 1 aliphatic rings. The summed E-state index contributed by atoms with van der Waals surface area (Å²) in [5.41, 5.74) is 1.25. The van der Waals surface area contributed by atoms with Gasteiger partial charge in [0.25, 0.3) is 0 Å². The predicted molar refractivity (Wildman–Crippen MR) is 84.1 cm³/mol. The summed E-state index contributed by atoms with van der Waals surface area (Å²) in [7, 11) is 0. The second-order valence-corrected chi connectivity index (χ2v) is 5.47. The summed E-state index contributed by atoms with van der Waals surface area (Å²) in [6.07, 6.45) is 0.585. The molecule has 1 N–H and O–H groups in total. The normalized spacial score (nSPS) is 16.0. The SMILES string of the molecule is CCc1ccc(OCCOCC(O)CN2C(=O)CCC2=O)cc1. The lowest BCUT2D eigenvalue weighted by molar-refractivity contribution is -0.140. The summed E-state index contributed by atoms with van der Waals surface area (Å²) in [5, 5.41) is 9.81. The molecule has 23 heavy (non-hydrogen) atoms. The minimum atomic E-state index is -0.871. The number of benzene rings is 1. The zero-order valence-electron chi connectivity index (χ0n) is 13.4. The number of hydrogen-bond donors (Lipinski definition) is 1. The summed E-state index contributed by atoms with van der Waals surface area (Å²) in [6, 6.07) is 7.87. The number of likely N-dealkylation sites (tertiary alicyclic amines) is 1. The molecule has 0 spiro atoms. The fraction of sp³-hybridized carbons (Fsp3) is 0.529. The van der Waals surface area contributed by atoms with Gasteiger partial charge >= 0.3 is 0 Å². The van der Waals surface area contributed by atoms with Crippen molar-refractivity contribution in [2.75, 3.05) is 26.4 Å². The van der Waals surface area contributed by atoms with Crippen LogP contribution in [-0.2, 0) is 20.7 Å². The fourth-order valence-corrected chi connectivity index (χ4v) is 2.35. The van der Waals surface area contributed by atoms with Gasteiger partial charge in [0.15, 0.2) is 0 Å². The van der Waals surface area contributed by atoms with Crippen molar-refractivity contribution < 1.29 is 24.2 Å². The number of rotatable bonds is 9. The number of hydrogen-bond acceptors (Lipinski definition) is 5. The van der Waals surface area contributed by atoms with E-state index in [-0.39, 0.29) is 37.8 Å². The molecule has 6 heteroatoms. The molecule has 1 heterocycles. The number of carbonyl (C=O) groups is 2. The van der Waals surface area contributed by atoms with E-state index < -0.39 is 6.10 Å². The van der Waals surface area contributed by atoms with Crippen LogP contribution in [0.25, 0.3) is 0 Å². The first-order chi connectivity index (χ1) is 11.1. The smallest absolute Gasteiger partial charge is 0.229 e. The number of β-amino-alcohol motifs (C(OH)–C–C–N with tert-alkyl or cyclic N) is 1. The van der Waals surface area contributed by atoms with Crippen LogP contribution in [0.5, 0.6) is 5.75 Å². The van der Waals surface area contributed by atoms with Gasteiger partial charge in [-0.1, -0.05) is 19.1 Å². The largest absolute Gasteiger partial charge is 0.491 e. The second kappa shape index (κ2) is 8.64. The molecule has 1 unspecified atom stereocenters. The van der Waals surface area contributed by atoms with Crippen molar-refractivity contribution in [3.8, 4) is 5.75 Å². The molecule has 0 aromatic heterocycles. The first-order valence-electron chi connectivity index (χ1n) is 7.91. The molecule has 1 saturated heterocycles. The molecule has 0 saturated carbocycles. The molecule has 1 atom stereocenters. The van der Waals surface area contributed by atoms with Crippen LogP contribution in [0.15, 0.2) is 24.3 Å². The number of nitrogens with zero attached hydrogens (tertiary/aromatic N) is 1. The Balaban J connectivity index is 1.59. The van der Waals surface area contributed by atoms with Gasteiger partial charge in [0.05, 0.1) is 25.9 Å². The maximum Gasteiger partial charge on any atom is 0.229 e. The Labute approximate surface area is 136 Å².